The van der Waals surface area contributed by atoms with Crippen LogP contribution < -0.4 is 4.74 Å². The molecule has 0 saturated heterocycles. The van der Waals surface area contributed by atoms with Gasteiger partial charge >= 0.3 is 0 Å². The maximum Gasteiger partial charge on any atom is 0.226 e. The van der Waals surface area contributed by atoms with Gasteiger partial charge in [0.2, 0.25) is 11.7 Å². The number of hydrogen-bond donors (Lipinski definition) is 0. The third kappa shape index (κ3) is 2.97. The van der Waals surface area contributed by atoms with Crippen LogP contribution in [0.5, 0.6) is 5.88 Å². The summed E-state index contributed by atoms with van der Waals surface area (Å²) in [6.45, 7) is -0.122. The summed E-state index contributed by atoms with van der Waals surface area (Å²) in [4.78, 5) is 21.5. The molecule has 26 heavy (non-hydrogen) atoms. The van der Waals surface area contributed by atoms with Crippen molar-refractivity contribution >= 4 is 27.3 Å². The number of carbonyl (C=O) groups is 1. The van der Waals surface area contributed by atoms with Gasteiger partial charge < -0.3 is 9.30 Å². The highest BCUT2D eigenvalue weighted by atomic mass is 32.1. The Labute approximate surface area is 152 Å². The minimum absolute atomic E-state index is 0.122. The monoisotopic (exact) mass is 367 g/mol. The number of nitrogens with zero attached hydrogens (tertiary/aromatic N) is 3. The maximum absolute atomic E-state index is 13.2. The maximum atomic E-state index is 13.2. The molecule has 0 bridgehead atoms. The molecule has 7 heteroatoms. The molecule has 3 aromatic heterocycles. The van der Waals surface area contributed by atoms with Gasteiger partial charge in [0.05, 0.1) is 11.1 Å². The first-order valence-electron chi connectivity index (χ1n) is 7.89. The zero-order valence-electron chi connectivity index (χ0n) is 13.8. The van der Waals surface area contributed by atoms with Gasteiger partial charge in [-0.05, 0) is 29.8 Å². The van der Waals surface area contributed by atoms with Crippen molar-refractivity contribution in [3.63, 3.8) is 0 Å². The Balaban J connectivity index is 1.67. The predicted molar refractivity (Wildman–Crippen MR) is 98.0 cm³/mol. The second kappa shape index (κ2) is 6.68. The largest absolute Gasteiger partial charge is 0.469 e. The van der Waals surface area contributed by atoms with Crippen molar-refractivity contribution in [3.8, 4) is 17.0 Å². The first-order valence-corrected chi connectivity index (χ1v) is 8.77. The fraction of sp³-hybridized carbons (Fsp3) is 0.105. The van der Waals surface area contributed by atoms with Gasteiger partial charge in [0.15, 0.2) is 6.61 Å². The molecule has 0 aliphatic rings. The Kier molecular flexibility index (Phi) is 4.22. The highest BCUT2D eigenvalue weighted by Crippen LogP contribution is 2.37. The van der Waals surface area contributed by atoms with E-state index in [1.54, 1.807) is 22.8 Å². The second-order valence-electron chi connectivity index (χ2n) is 5.73. The first kappa shape index (κ1) is 16.4. The predicted octanol–water partition coefficient (Wildman–Crippen LogP) is 4.10. The smallest absolute Gasteiger partial charge is 0.226 e. The number of hydrogen-bond acceptors (Lipinski definition) is 5. The van der Waals surface area contributed by atoms with Crippen LogP contribution in [0.1, 0.15) is 10.5 Å². The van der Waals surface area contributed by atoms with Gasteiger partial charge in [-0.3, -0.25) is 4.79 Å². The van der Waals surface area contributed by atoms with E-state index < -0.39 is 0 Å². The van der Waals surface area contributed by atoms with Gasteiger partial charge in [0, 0.05) is 24.2 Å². The number of halogens is 1. The summed E-state index contributed by atoms with van der Waals surface area (Å²) in [6.07, 6.45) is 3.22. The number of benzene rings is 1. The summed E-state index contributed by atoms with van der Waals surface area (Å²) in [5.41, 5.74) is 2.26. The molecular formula is C19H14FN3O2S. The molecule has 0 saturated carbocycles. The van der Waals surface area contributed by atoms with Gasteiger partial charge in [-0.15, -0.1) is 11.3 Å². The standard InChI is InChI=1S/C19H14FN3O2S/c1-23-8-2-3-15(23)16(24)9-25-18-17-14(10-26-19(17)22-11-21-18)12-4-6-13(20)7-5-12/h2-8,10-11H,9H2,1H3. The van der Waals surface area contributed by atoms with Crippen molar-refractivity contribution in [2.75, 3.05) is 6.61 Å². The number of aromatic nitrogens is 3. The summed E-state index contributed by atoms with van der Waals surface area (Å²) in [5.74, 6) is -0.0878. The molecule has 0 aliphatic heterocycles. The normalized spacial score (nSPS) is 11.0. The Morgan fingerprint density at radius 1 is 1.23 bits per heavy atom. The summed E-state index contributed by atoms with van der Waals surface area (Å²) < 4.78 is 20.7. The van der Waals surface area contributed by atoms with Crippen molar-refractivity contribution in [2.45, 2.75) is 0 Å². The second-order valence-corrected chi connectivity index (χ2v) is 6.59. The molecule has 0 amide bonds. The molecular weight excluding hydrogens is 353 g/mol. The minimum Gasteiger partial charge on any atom is -0.469 e. The van der Waals surface area contributed by atoms with Crippen LogP contribution >= 0.6 is 11.3 Å². The van der Waals surface area contributed by atoms with E-state index in [0.717, 1.165) is 21.3 Å². The number of carbonyl (C=O) groups excluding carboxylic acids is 1. The van der Waals surface area contributed by atoms with E-state index >= 15 is 0 Å². The number of rotatable bonds is 5. The van der Waals surface area contributed by atoms with E-state index in [9.17, 15) is 9.18 Å². The van der Waals surface area contributed by atoms with E-state index in [0.29, 0.717) is 11.6 Å². The van der Waals surface area contributed by atoms with E-state index in [2.05, 4.69) is 9.97 Å². The van der Waals surface area contributed by atoms with Crippen LogP contribution in [0, 0.1) is 5.82 Å². The van der Waals surface area contributed by atoms with E-state index in [1.165, 1.54) is 29.8 Å². The highest BCUT2D eigenvalue weighted by molar-refractivity contribution is 7.17. The molecule has 1 aromatic carbocycles. The van der Waals surface area contributed by atoms with Gasteiger partial charge in [-0.1, -0.05) is 12.1 Å². The summed E-state index contributed by atoms with van der Waals surface area (Å²) >= 11 is 1.45. The number of ketones is 1. The quantitative estimate of drug-likeness (QED) is 0.499. The molecule has 4 aromatic rings. The van der Waals surface area contributed by atoms with E-state index in [4.69, 9.17) is 4.74 Å². The summed E-state index contributed by atoms with van der Waals surface area (Å²) in [5, 5.41) is 2.65. The number of fused-ring (bicyclic) bond motifs is 1. The lowest BCUT2D eigenvalue weighted by atomic mass is 10.1. The van der Waals surface area contributed by atoms with Crippen molar-refractivity contribution in [1.29, 1.82) is 0 Å². The SMILES string of the molecule is Cn1cccc1C(=O)COc1ncnc2scc(-c3ccc(F)cc3)c12. The summed E-state index contributed by atoms with van der Waals surface area (Å²) in [7, 11) is 1.81. The number of thiophene rings is 1. The van der Waals surface area contributed by atoms with Gasteiger partial charge in [0.1, 0.15) is 17.0 Å². The van der Waals surface area contributed by atoms with E-state index in [1.807, 2.05) is 24.7 Å². The zero-order chi connectivity index (χ0) is 18.1. The Morgan fingerprint density at radius 2 is 2.04 bits per heavy atom. The lowest BCUT2D eigenvalue weighted by molar-refractivity contribution is 0.0911. The lowest BCUT2D eigenvalue weighted by Gasteiger charge is -2.08. The molecule has 0 radical (unpaired) electrons. The topological polar surface area (TPSA) is 57.0 Å². The first-order chi connectivity index (χ1) is 12.6. The molecule has 5 nitrogen and oxygen atoms in total. The average molecular weight is 367 g/mol. The molecule has 0 N–H and O–H groups in total. The average Bonchev–Trinajstić information content (AvgIpc) is 3.27. The van der Waals surface area contributed by atoms with Crippen LogP contribution in [0.4, 0.5) is 4.39 Å². The van der Waals surface area contributed by atoms with Crippen molar-refractivity contribution in [1.82, 2.24) is 14.5 Å². The van der Waals surface area contributed by atoms with Crippen molar-refractivity contribution in [2.24, 2.45) is 7.05 Å². The fourth-order valence-electron chi connectivity index (χ4n) is 2.76. The van der Waals surface area contributed by atoms with Crippen LogP contribution in [0.15, 0.2) is 54.3 Å². The van der Waals surface area contributed by atoms with Gasteiger partial charge in [-0.2, -0.15) is 0 Å². The van der Waals surface area contributed by atoms with Gasteiger partial charge in [0.25, 0.3) is 0 Å². The summed E-state index contributed by atoms with van der Waals surface area (Å²) in [6, 6.07) is 9.76. The molecule has 0 unspecified atom stereocenters. The molecule has 0 aliphatic carbocycles. The lowest BCUT2D eigenvalue weighted by Crippen LogP contribution is -2.15. The number of ether oxygens (including phenoxy) is 1. The van der Waals surface area contributed by atoms with Crippen LogP contribution in [0.3, 0.4) is 0 Å². The van der Waals surface area contributed by atoms with E-state index in [-0.39, 0.29) is 18.2 Å². The Bertz CT molecular complexity index is 1090. The van der Waals surface area contributed by atoms with Crippen LogP contribution in [0.25, 0.3) is 21.3 Å². The van der Waals surface area contributed by atoms with Crippen LogP contribution in [0.2, 0.25) is 0 Å². The minimum atomic E-state index is -0.297. The van der Waals surface area contributed by atoms with Crippen LogP contribution in [-0.2, 0) is 7.05 Å². The molecule has 130 valence electrons. The molecule has 0 atom stereocenters. The molecule has 4 rings (SSSR count). The molecule has 0 fully saturated rings. The highest BCUT2D eigenvalue weighted by Gasteiger charge is 2.16. The van der Waals surface area contributed by atoms with Crippen molar-refractivity contribution < 1.29 is 13.9 Å². The van der Waals surface area contributed by atoms with Crippen LogP contribution in [-0.4, -0.2) is 26.9 Å². The molecule has 0 spiro atoms. The third-order valence-electron chi connectivity index (χ3n) is 4.06. The fourth-order valence-corrected chi connectivity index (χ4v) is 3.66. The van der Waals surface area contributed by atoms with Gasteiger partial charge in [-0.25, -0.2) is 14.4 Å². The number of aryl methyl sites for hydroxylation is 1. The zero-order valence-corrected chi connectivity index (χ0v) is 14.7. The Hall–Kier alpha value is -3.06. The number of Topliss-reactive ketones (excluding diaryl/α,β-unsaturated/α-hetero) is 1. The third-order valence-corrected chi connectivity index (χ3v) is 4.95. The molecule has 3 heterocycles. The Morgan fingerprint density at radius 3 is 2.77 bits per heavy atom. The van der Waals surface area contributed by atoms with Crippen molar-refractivity contribution in [3.05, 3.63) is 65.8 Å².